The molecule has 4 rings (SSSR count). The lowest BCUT2D eigenvalue weighted by Crippen LogP contribution is -2.46. The largest absolute Gasteiger partial charge is 0.422 e. The van der Waals surface area contributed by atoms with E-state index < -0.39 is 0 Å². The Balaban J connectivity index is 1.44. The summed E-state index contributed by atoms with van der Waals surface area (Å²) in [7, 11) is 0. The molecule has 1 fully saturated rings. The minimum absolute atomic E-state index is 0.222. The zero-order valence-electron chi connectivity index (χ0n) is 15.4. The zero-order valence-corrected chi connectivity index (χ0v) is 15.4. The van der Waals surface area contributed by atoms with E-state index in [0.717, 1.165) is 37.1 Å². The van der Waals surface area contributed by atoms with E-state index in [0.29, 0.717) is 12.1 Å². The molecule has 1 saturated heterocycles. The highest BCUT2D eigenvalue weighted by Gasteiger charge is 2.19. The van der Waals surface area contributed by atoms with Gasteiger partial charge in [0.05, 0.1) is 5.56 Å². The third kappa shape index (κ3) is 3.37. The van der Waals surface area contributed by atoms with Gasteiger partial charge in [0.15, 0.2) is 0 Å². The van der Waals surface area contributed by atoms with Crippen molar-refractivity contribution in [3.05, 3.63) is 75.6 Å². The summed E-state index contributed by atoms with van der Waals surface area (Å²) in [5.74, 6) is 0. The number of benzene rings is 2. The molecule has 0 spiro atoms. The van der Waals surface area contributed by atoms with E-state index >= 15 is 0 Å². The van der Waals surface area contributed by atoms with E-state index in [9.17, 15) is 4.79 Å². The molecule has 134 valence electrons. The van der Waals surface area contributed by atoms with Crippen molar-refractivity contribution in [2.75, 3.05) is 31.1 Å². The fraction of sp³-hybridized carbons (Fsp3) is 0.318. The van der Waals surface area contributed by atoms with E-state index in [4.69, 9.17) is 4.42 Å². The number of rotatable bonds is 3. The Kier molecular flexibility index (Phi) is 4.51. The Hall–Kier alpha value is -2.59. The van der Waals surface area contributed by atoms with Crippen LogP contribution in [0, 0.1) is 13.8 Å². The third-order valence-corrected chi connectivity index (χ3v) is 5.34. The maximum absolute atomic E-state index is 12.3. The lowest BCUT2D eigenvalue weighted by atomic mass is 10.1. The van der Waals surface area contributed by atoms with Gasteiger partial charge in [-0.2, -0.15) is 0 Å². The third-order valence-electron chi connectivity index (χ3n) is 5.34. The SMILES string of the molecule is Cc1ccc(N2CCN(Cc3cc4ccccc4oc3=O)CC2)cc1C. The Morgan fingerprint density at radius 1 is 0.923 bits per heavy atom. The minimum atomic E-state index is -0.222. The predicted octanol–water partition coefficient (Wildman–Crippen LogP) is 3.73. The number of hydrogen-bond donors (Lipinski definition) is 0. The number of anilines is 1. The van der Waals surface area contributed by atoms with E-state index in [1.807, 2.05) is 30.3 Å². The van der Waals surface area contributed by atoms with Crippen LogP contribution in [0.5, 0.6) is 0 Å². The van der Waals surface area contributed by atoms with Crippen LogP contribution in [0.1, 0.15) is 16.7 Å². The molecule has 3 aromatic rings. The number of fused-ring (bicyclic) bond motifs is 1. The topological polar surface area (TPSA) is 36.7 Å². The molecule has 4 nitrogen and oxygen atoms in total. The number of hydrogen-bond acceptors (Lipinski definition) is 4. The summed E-state index contributed by atoms with van der Waals surface area (Å²) in [6.07, 6.45) is 0. The van der Waals surface area contributed by atoms with Gasteiger partial charge in [0.25, 0.3) is 0 Å². The molecule has 1 aliphatic rings. The molecular weight excluding hydrogens is 324 g/mol. The van der Waals surface area contributed by atoms with Crippen molar-refractivity contribution >= 4 is 16.7 Å². The van der Waals surface area contributed by atoms with Crippen molar-refractivity contribution in [3.8, 4) is 0 Å². The molecule has 0 radical (unpaired) electrons. The lowest BCUT2D eigenvalue weighted by molar-refractivity contribution is 0.247. The molecule has 1 aromatic heterocycles. The summed E-state index contributed by atoms with van der Waals surface area (Å²) in [5.41, 5.74) is 5.12. The van der Waals surface area contributed by atoms with Gasteiger partial charge in [0.1, 0.15) is 5.58 Å². The molecule has 0 unspecified atom stereocenters. The Morgan fingerprint density at radius 3 is 2.46 bits per heavy atom. The number of para-hydroxylation sites is 1. The van der Waals surface area contributed by atoms with E-state index in [1.54, 1.807) is 0 Å². The van der Waals surface area contributed by atoms with Gasteiger partial charge in [-0.15, -0.1) is 0 Å². The molecule has 0 amide bonds. The second-order valence-electron chi connectivity index (χ2n) is 7.13. The lowest BCUT2D eigenvalue weighted by Gasteiger charge is -2.36. The maximum Gasteiger partial charge on any atom is 0.340 e. The highest BCUT2D eigenvalue weighted by Crippen LogP contribution is 2.21. The molecular formula is C22H24N2O2. The van der Waals surface area contributed by atoms with Gasteiger partial charge in [-0.3, -0.25) is 4.90 Å². The average Bonchev–Trinajstić information content (AvgIpc) is 2.65. The van der Waals surface area contributed by atoms with Crippen LogP contribution in [0.25, 0.3) is 11.0 Å². The molecule has 2 heterocycles. The molecule has 2 aromatic carbocycles. The molecule has 0 aliphatic carbocycles. The molecule has 26 heavy (non-hydrogen) atoms. The smallest absolute Gasteiger partial charge is 0.340 e. The Morgan fingerprint density at radius 2 is 1.69 bits per heavy atom. The molecule has 0 N–H and O–H groups in total. The number of nitrogens with zero attached hydrogens (tertiary/aromatic N) is 2. The van der Waals surface area contributed by atoms with Crippen molar-refractivity contribution < 1.29 is 4.42 Å². The molecule has 1 aliphatic heterocycles. The summed E-state index contributed by atoms with van der Waals surface area (Å²) in [6, 6.07) is 16.3. The number of aryl methyl sites for hydroxylation is 2. The molecule has 0 atom stereocenters. The normalized spacial score (nSPS) is 15.5. The van der Waals surface area contributed by atoms with Crippen molar-refractivity contribution in [1.29, 1.82) is 0 Å². The van der Waals surface area contributed by atoms with Crippen LogP contribution in [0.3, 0.4) is 0 Å². The van der Waals surface area contributed by atoms with Crippen LogP contribution in [-0.2, 0) is 6.54 Å². The summed E-state index contributed by atoms with van der Waals surface area (Å²) < 4.78 is 5.46. The maximum atomic E-state index is 12.3. The zero-order chi connectivity index (χ0) is 18.1. The fourth-order valence-corrected chi connectivity index (χ4v) is 3.54. The highest BCUT2D eigenvalue weighted by atomic mass is 16.4. The van der Waals surface area contributed by atoms with Crippen LogP contribution in [-0.4, -0.2) is 31.1 Å². The van der Waals surface area contributed by atoms with Crippen molar-refractivity contribution in [3.63, 3.8) is 0 Å². The quantitative estimate of drug-likeness (QED) is 0.676. The molecule has 4 heteroatoms. The summed E-state index contributed by atoms with van der Waals surface area (Å²) >= 11 is 0. The Labute approximate surface area is 153 Å². The van der Waals surface area contributed by atoms with E-state index in [2.05, 4.69) is 41.8 Å². The predicted molar refractivity (Wildman–Crippen MR) is 106 cm³/mol. The van der Waals surface area contributed by atoms with Crippen LogP contribution in [0.4, 0.5) is 5.69 Å². The first-order chi connectivity index (χ1) is 12.6. The highest BCUT2D eigenvalue weighted by molar-refractivity contribution is 5.76. The van der Waals surface area contributed by atoms with Crippen LogP contribution < -0.4 is 10.5 Å². The van der Waals surface area contributed by atoms with Crippen molar-refractivity contribution in [1.82, 2.24) is 4.90 Å². The van der Waals surface area contributed by atoms with E-state index in [1.165, 1.54) is 16.8 Å². The van der Waals surface area contributed by atoms with Gasteiger partial charge in [0, 0.05) is 43.8 Å². The second kappa shape index (κ2) is 6.96. The fourth-order valence-electron chi connectivity index (χ4n) is 3.54. The Bertz CT molecular complexity index is 985. The van der Waals surface area contributed by atoms with Gasteiger partial charge in [0.2, 0.25) is 0 Å². The summed E-state index contributed by atoms with van der Waals surface area (Å²) in [5, 5.41) is 0.982. The van der Waals surface area contributed by atoms with Crippen molar-refractivity contribution in [2.24, 2.45) is 0 Å². The van der Waals surface area contributed by atoms with Gasteiger partial charge in [-0.05, 0) is 49.2 Å². The standard InChI is InChI=1S/C22H24N2O2/c1-16-7-8-20(13-17(16)2)24-11-9-23(10-12-24)15-19-14-18-5-3-4-6-21(18)26-22(19)25/h3-8,13-14H,9-12,15H2,1-2H3. The van der Waals surface area contributed by atoms with Gasteiger partial charge >= 0.3 is 5.63 Å². The van der Waals surface area contributed by atoms with Crippen LogP contribution in [0.15, 0.2) is 57.7 Å². The van der Waals surface area contributed by atoms with E-state index in [-0.39, 0.29) is 5.63 Å². The second-order valence-corrected chi connectivity index (χ2v) is 7.13. The van der Waals surface area contributed by atoms with Gasteiger partial charge < -0.3 is 9.32 Å². The average molecular weight is 348 g/mol. The summed E-state index contributed by atoms with van der Waals surface area (Å²) in [6.45, 7) is 8.79. The first-order valence-electron chi connectivity index (χ1n) is 9.16. The van der Waals surface area contributed by atoms with Gasteiger partial charge in [-0.1, -0.05) is 24.3 Å². The first-order valence-corrected chi connectivity index (χ1v) is 9.16. The van der Waals surface area contributed by atoms with Crippen LogP contribution in [0.2, 0.25) is 0 Å². The number of piperazine rings is 1. The molecule has 0 bridgehead atoms. The summed E-state index contributed by atoms with van der Waals surface area (Å²) in [4.78, 5) is 17.0. The first kappa shape index (κ1) is 16.9. The van der Waals surface area contributed by atoms with Crippen LogP contribution >= 0.6 is 0 Å². The minimum Gasteiger partial charge on any atom is -0.422 e. The van der Waals surface area contributed by atoms with Crippen molar-refractivity contribution in [2.45, 2.75) is 20.4 Å². The monoisotopic (exact) mass is 348 g/mol. The molecule has 0 saturated carbocycles. The van der Waals surface area contributed by atoms with Gasteiger partial charge in [-0.25, -0.2) is 4.79 Å².